The van der Waals surface area contributed by atoms with Crippen molar-refractivity contribution < 1.29 is 12.8 Å². The Labute approximate surface area is 126 Å². The van der Waals surface area contributed by atoms with Crippen LogP contribution in [0.5, 0.6) is 0 Å². The van der Waals surface area contributed by atoms with E-state index >= 15 is 0 Å². The second-order valence-electron chi connectivity index (χ2n) is 5.61. The zero-order valence-corrected chi connectivity index (χ0v) is 13.2. The van der Waals surface area contributed by atoms with Gasteiger partial charge in [-0.2, -0.15) is 0 Å². The van der Waals surface area contributed by atoms with Gasteiger partial charge < -0.3 is 5.73 Å². The van der Waals surface area contributed by atoms with E-state index in [-0.39, 0.29) is 29.4 Å². The highest BCUT2D eigenvalue weighted by Crippen LogP contribution is 2.26. The molecule has 1 fully saturated rings. The quantitative estimate of drug-likeness (QED) is 0.919. The molecule has 6 heteroatoms. The van der Waals surface area contributed by atoms with Crippen molar-refractivity contribution in [3.05, 3.63) is 35.6 Å². The van der Waals surface area contributed by atoms with Gasteiger partial charge in [-0.3, -0.25) is 4.90 Å². The fourth-order valence-corrected chi connectivity index (χ4v) is 4.13. The van der Waals surface area contributed by atoms with Gasteiger partial charge >= 0.3 is 0 Å². The summed E-state index contributed by atoms with van der Waals surface area (Å²) in [5.41, 5.74) is 7.20. The molecule has 1 saturated heterocycles. The van der Waals surface area contributed by atoms with Gasteiger partial charge in [0.05, 0.1) is 11.5 Å². The number of hydrogen-bond acceptors (Lipinski definition) is 4. The van der Waals surface area contributed by atoms with Crippen LogP contribution in [-0.4, -0.2) is 44.0 Å². The van der Waals surface area contributed by atoms with Gasteiger partial charge in [0.1, 0.15) is 5.82 Å². The van der Waals surface area contributed by atoms with Crippen LogP contribution in [0.3, 0.4) is 0 Å². The Hall–Kier alpha value is -0.980. The first kappa shape index (κ1) is 16.4. The van der Waals surface area contributed by atoms with Gasteiger partial charge in [0.15, 0.2) is 9.84 Å². The molecule has 2 N–H and O–H groups in total. The van der Waals surface area contributed by atoms with E-state index in [9.17, 15) is 12.8 Å². The average molecular weight is 314 g/mol. The lowest BCUT2D eigenvalue weighted by atomic mass is 9.96. The van der Waals surface area contributed by atoms with E-state index in [0.717, 1.165) is 12.0 Å². The highest BCUT2D eigenvalue weighted by atomic mass is 32.2. The number of benzene rings is 1. The first-order valence-electron chi connectivity index (χ1n) is 7.38. The van der Waals surface area contributed by atoms with Gasteiger partial charge in [0, 0.05) is 18.6 Å². The fourth-order valence-electron chi connectivity index (χ4n) is 2.85. The minimum atomic E-state index is -2.95. The number of nitrogens with two attached hydrogens (primary N) is 1. The molecule has 2 rings (SSSR count). The number of hydrogen-bond donors (Lipinski definition) is 1. The smallest absolute Gasteiger partial charge is 0.151 e. The lowest BCUT2D eigenvalue weighted by Gasteiger charge is -2.34. The summed E-state index contributed by atoms with van der Waals surface area (Å²) in [6.45, 7) is 3.20. The molecule has 2 atom stereocenters. The van der Waals surface area contributed by atoms with Crippen LogP contribution in [0.1, 0.15) is 31.4 Å². The summed E-state index contributed by atoms with van der Waals surface area (Å²) in [7, 11) is -2.95. The predicted molar refractivity (Wildman–Crippen MR) is 82.3 cm³/mol. The third-order valence-corrected chi connectivity index (χ3v) is 5.79. The topological polar surface area (TPSA) is 63.4 Å². The van der Waals surface area contributed by atoms with Crippen LogP contribution in [0, 0.1) is 5.82 Å². The Bertz CT molecular complexity index is 560. The molecular weight excluding hydrogens is 291 g/mol. The first-order chi connectivity index (χ1) is 9.93. The van der Waals surface area contributed by atoms with Crippen molar-refractivity contribution in [2.45, 2.75) is 31.8 Å². The van der Waals surface area contributed by atoms with Crippen molar-refractivity contribution in [3.8, 4) is 0 Å². The first-order valence-corrected chi connectivity index (χ1v) is 9.20. The average Bonchev–Trinajstić information content (AvgIpc) is 2.62. The molecule has 1 aromatic rings. The van der Waals surface area contributed by atoms with E-state index < -0.39 is 9.84 Å². The highest BCUT2D eigenvalue weighted by Gasteiger charge is 2.29. The van der Waals surface area contributed by atoms with Gasteiger partial charge in [0.2, 0.25) is 0 Å². The monoisotopic (exact) mass is 314 g/mol. The zero-order valence-electron chi connectivity index (χ0n) is 12.3. The van der Waals surface area contributed by atoms with Crippen LogP contribution >= 0.6 is 0 Å². The molecule has 4 nitrogen and oxygen atoms in total. The normalized spacial score (nSPS) is 22.4. The summed E-state index contributed by atoms with van der Waals surface area (Å²) in [4.78, 5) is 2.13. The van der Waals surface area contributed by atoms with Crippen molar-refractivity contribution in [1.82, 2.24) is 4.90 Å². The molecule has 0 bridgehead atoms. The van der Waals surface area contributed by atoms with Crippen molar-refractivity contribution in [1.29, 1.82) is 0 Å². The molecule has 0 saturated carbocycles. The summed E-state index contributed by atoms with van der Waals surface area (Å²) in [5, 5.41) is 0. The van der Waals surface area contributed by atoms with E-state index in [1.54, 1.807) is 12.1 Å². The second-order valence-corrected chi connectivity index (χ2v) is 7.91. The maximum Gasteiger partial charge on any atom is 0.151 e. The molecular formula is C15H23FN2O2S. The molecule has 21 heavy (non-hydrogen) atoms. The van der Waals surface area contributed by atoms with Crippen molar-refractivity contribution in [3.63, 3.8) is 0 Å². The largest absolute Gasteiger partial charge is 0.326 e. The summed E-state index contributed by atoms with van der Waals surface area (Å²) >= 11 is 0. The summed E-state index contributed by atoms with van der Waals surface area (Å²) in [6, 6.07) is 6.18. The molecule has 1 aromatic carbocycles. The highest BCUT2D eigenvalue weighted by molar-refractivity contribution is 7.91. The molecule has 1 heterocycles. The molecule has 0 amide bonds. The third-order valence-electron chi connectivity index (χ3n) is 4.07. The number of rotatable bonds is 4. The Morgan fingerprint density at radius 1 is 1.24 bits per heavy atom. The third kappa shape index (κ3) is 4.25. The number of halogens is 1. The van der Waals surface area contributed by atoms with E-state index in [0.29, 0.717) is 19.5 Å². The zero-order chi connectivity index (χ0) is 15.5. The number of nitrogens with zero attached hydrogens (tertiary/aromatic N) is 1. The summed E-state index contributed by atoms with van der Waals surface area (Å²) < 4.78 is 36.6. The van der Waals surface area contributed by atoms with Crippen molar-refractivity contribution >= 4 is 9.84 Å². The minimum absolute atomic E-state index is 0.0658. The van der Waals surface area contributed by atoms with Crippen LogP contribution in [0.25, 0.3) is 0 Å². The summed E-state index contributed by atoms with van der Waals surface area (Å²) in [6.07, 6.45) is 1.40. The van der Waals surface area contributed by atoms with Gasteiger partial charge in [-0.25, -0.2) is 12.8 Å². The van der Waals surface area contributed by atoms with Gasteiger partial charge in [-0.05, 0) is 37.1 Å². The lowest BCUT2D eigenvalue weighted by Crippen LogP contribution is -2.42. The standard InChI is InChI=1S/C15H23FN2O2S/c1-2-14(17)15(12-4-6-13(16)7-5-12)18-8-3-10-21(19,20)11-9-18/h4-7,14-15H,2-3,8-11,17H2,1H3. The van der Waals surface area contributed by atoms with E-state index in [4.69, 9.17) is 5.73 Å². The molecule has 118 valence electrons. The molecule has 2 unspecified atom stereocenters. The molecule has 1 aliphatic heterocycles. The van der Waals surface area contributed by atoms with Crippen LogP contribution in [0.4, 0.5) is 4.39 Å². The number of sulfone groups is 1. The van der Waals surface area contributed by atoms with E-state index in [2.05, 4.69) is 4.90 Å². The molecule has 0 radical (unpaired) electrons. The Balaban J connectivity index is 2.25. The van der Waals surface area contributed by atoms with Gasteiger partial charge in [0.25, 0.3) is 0 Å². The Morgan fingerprint density at radius 3 is 2.52 bits per heavy atom. The molecule has 0 aliphatic carbocycles. The van der Waals surface area contributed by atoms with E-state index in [1.165, 1.54) is 12.1 Å². The van der Waals surface area contributed by atoms with Crippen LogP contribution in [0.15, 0.2) is 24.3 Å². The van der Waals surface area contributed by atoms with Gasteiger partial charge in [-0.1, -0.05) is 19.1 Å². The van der Waals surface area contributed by atoms with Crippen LogP contribution in [-0.2, 0) is 9.84 Å². The van der Waals surface area contributed by atoms with Gasteiger partial charge in [-0.15, -0.1) is 0 Å². The fraction of sp³-hybridized carbons (Fsp3) is 0.600. The van der Waals surface area contributed by atoms with Crippen molar-refractivity contribution in [2.24, 2.45) is 5.73 Å². The van der Waals surface area contributed by atoms with Crippen LogP contribution in [0.2, 0.25) is 0 Å². The second kappa shape index (κ2) is 6.85. The maximum absolute atomic E-state index is 13.1. The predicted octanol–water partition coefficient (Wildman–Crippen LogP) is 1.72. The van der Waals surface area contributed by atoms with E-state index in [1.807, 2.05) is 6.92 Å². The SMILES string of the molecule is CCC(N)C(c1ccc(F)cc1)N1CCCS(=O)(=O)CC1. The van der Waals surface area contributed by atoms with Crippen LogP contribution < -0.4 is 5.73 Å². The Kier molecular flexibility index (Phi) is 5.35. The molecule has 1 aliphatic rings. The van der Waals surface area contributed by atoms with Crippen molar-refractivity contribution in [2.75, 3.05) is 24.6 Å². The minimum Gasteiger partial charge on any atom is -0.326 e. The lowest BCUT2D eigenvalue weighted by molar-refractivity contribution is 0.182. The summed E-state index contributed by atoms with van der Waals surface area (Å²) in [5.74, 6) is 0.128. The molecule has 0 aromatic heterocycles. The maximum atomic E-state index is 13.1. The molecule has 0 spiro atoms. The Morgan fingerprint density at radius 2 is 1.90 bits per heavy atom.